The Morgan fingerprint density at radius 3 is 2.92 bits per heavy atom. The van der Waals surface area contributed by atoms with Crippen LogP contribution in [-0.2, 0) is 0 Å². The molecule has 1 saturated heterocycles. The molecule has 2 N–H and O–H groups in total. The van der Waals surface area contributed by atoms with Gasteiger partial charge in [-0.3, -0.25) is 4.79 Å². The maximum absolute atomic E-state index is 13.2. The van der Waals surface area contributed by atoms with Crippen molar-refractivity contribution in [2.75, 3.05) is 26.7 Å². The van der Waals surface area contributed by atoms with E-state index in [-0.39, 0.29) is 35.6 Å². The average molecular weight is 369 g/mol. The minimum absolute atomic E-state index is 0. The maximum atomic E-state index is 13.2. The predicted octanol–water partition coefficient (Wildman–Crippen LogP) is 2.13. The number of nitrogens with one attached hydrogen (secondary N) is 1. The van der Waals surface area contributed by atoms with Crippen LogP contribution in [0.15, 0.2) is 24.4 Å². The summed E-state index contributed by atoms with van der Waals surface area (Å²) >= 11 is 0. The van der Waals surface area contributed by atoms with Crippen LogP contribution in [0.25, 0.3) is 5.69 Å². The third-order valence-corrected chi connectivity index (χ3v) is 4.37. The Morgan fingerprint density at radius 2 is 2.24 bits per heavy atom. The molecule has 0 spiro atoms. The van der Waals surface area contributed by atoms with E-state index in [0.717, 1.165) is 13.0 Å². The van der Waals surface area contributed by atoms with Crippen molar-refractivity contribution in [3.63, 3.8) is 0 Å². The molecule has 136 valence electrons. The summed E-state index contributed by atoms with van der Waals surface area (Å²) in [6.45, 7) is 3.93. The summed E-state index contributed by atoms with van der Waals surface area (Å²) < 4.78 is 14.7. The van der Waals surface area contributed by atoms with Crippen LogP contribution in [0.1, 0.15) is 22.5 Å². The molecule has 1 aliphatic rings. The van der Waals surface area contributed by atoms with Crippen LogP contribution in [0.4, 0.5) is 4.39 Å². The van der Waals surface area contributed by atoms with Crippen molar-refractivity contribution in [1.82, 2.24) is 20.0 Å². The fourth-order valence-corrected chi connectivity index (χ4v) is 3.14. The van der Waals surface area contributed by atoms with Gasteiger partial charge >= 0.3 is 0 Å². The molecule has 1 fully saturated rings. The number of nitrogens with zero attached hydrogens (tertiary/aromatic N) is 3. The van der Waals surface area contributed by atoms with E-state index in [1.54, 1.807) is 17.9 Å². The molecule has 0 radical (unpaired) electrons. The highest BCUT2D eigenvalue weighted by molar-refractivity contribution is 5.95. The molecule has 1 aromatic carbocycles. The Balaban J connectivity index is 0.00000225. The van der Waals surface area contributed by atoms with Gasteiger partial charge in [-0.2, -0.15) is 5.10 Å². The molecule has 8 heteroatoms. The van der Waals surface area contributed by atoms with Crippen LogP contribution >= 0.6 is 12.4 Å². The van der Waals surface area contributed by atoms with E-state index in [2.05, 4.69) is 10.4 Å². The van der Waals surface area contributed by atoms with Gasteiger partial charge in [0.05, 0.1) is 11.9 Å². The molecule has 0 bridgehead atoms. The molecule has 1 aromatic heterocycles. The third kappa shape index (κ3) is 3.93. The number of likely N-dealkylation sites (tertiary alicyclic amines) is 1. The van der Waals surface area contributed by atoms with Crippen LogP contribution < -0.4 is 5.32 Å². The van der Waals surface area contributed by atoms with Crippen molar-refractivity contribution < 1.29 is 14.3 Å². The average Bonchev–Trinajstić information content (AvgIpc) is 3.14. The van der Waals surface area contributed by atoms with E-state index in [0.29, 0.717) is 30.3 Å². The third-order valence-electron chi connectivity index (χ3n) is 4.37. The molecule has 2 heterocycles. The van der Waals surface area contributed by atoms with Crippen LogP contribution in [-0.4, -0.2) is 52.4 Å². The lowest BCUT2D eigenvalue weighted by Crippen LogP contribution is -2.30. The standard InChI is InChI=1S/C17H21FN4O2.ClH/c1-11-7-13(18)3-4-14(11)22-10-15(23)16(20-22)17(24)21-6-5-12(9-21)8-19-2;/h3-4,7,10,12,19,23H,5-6,8-9H2,1-2H3;1H. The summed E-state index contributed by atoms with van der Waals surface area (Å²) in [6.07, 6.45) is 2.32. The summed E-state index contributed by atoms with van der Waals surface area (Å²) in [6, 6.07) is 4.29. The zero-order valence-electron chi connectivity index (χ0n) is 14.2. The molecule has 0 saturated carbocycles. The quantitative estimate of drug-likeness (QED) is 0.867. The van der Waals surface area contributed by atoms with Crippen molar-refractivity contribution in [2.24, 2.45) is 5.92 Å². The fourth-order valence-electron chi connectivity index (χ4n) is 3.14. The van der Waals surface area contributed by atoms with Crippen LogP contribution in [0.2, 0.25) is 0 Å². The van der Waals surface area contributed by atoms with Crippen LogP contribution in [0.5, 0.6) is 5.75 Å². The second-order valence-corrected chi connectivity index (χ2v) is 6.20. The second-order valence-electron chi connectivity index (χ2n) is 6.20. The summed E-state index contributed by atoms with van der Waals surface area (Å²) in [7, 11) is 1.89. The molecule has 3 rings (SSSR count). The molecular formula is C17H22ClFN4O2. The normalized spacial score (nSPS) is 16.8. The monoisotopic (exact) mass is 368 g/mol. The number of aromatic hydroxyl groups is 1. The van der Waals surface area contributed by atoms with Gasteiger partial charge < -0.3 is 15.3 Å². The molecule has 1 aliphatic heterocycles. The molecule has 0 aliphatic carbocycles. The van der Waals surface area contributed by atoms with Gasteiger partial charge in [0.2, 0.25) is 0 Å². The number of rotatable bonds is 4. The molecule has 1 amide bonds. The lowest BCUT2D eigenvalue weighted by Gasteiger charge is -2.15. The van der Waals surface area contributed by atoms with Crippen molar-refractivity contribution in [2.45, 2.75) is 13.3 Å². The Labute approximate surface area is 152 Å². The van der Waals surface area contributed by atoms with Crippen molar-refractivity contribution in [1.29, 1.82) is 0 Å². The van der Waals surface area contributed by atoms with Gasteiger partial charge in [-0.25, -0.2) is 9.07 Å². The summed E-state index contributed by atoms with van der Waals surface area (Å²) in [4.78, 5) is 14.3. The van der Waals surface area contributed by atoms with Crippen LogP contribution in [0.3, 0.4) is 0 Å². The number of aromatic nitrogens is 2. The number of aryl methyl sites for hydroxylation is 1. The van der Waals surface area contributed by atoms with Crippen molar-refractivity contribution >= 4 is 18.3 Å². The van der Waals surface area contributed by atoms with E-state index >= 15 is 0 Å². The van der Waals surface area contributed by atoms with Gasteiger partial charge in [-0.15, -0.1) is 12.4 Å². The minimum atomic E-state index is -0.337. The number of benzene rings is 1. The number of carbonyl (C=O) groups is 1. The first-order chi connectivity index (χ1) is 11.5. The fraction of sp³-hybridized carbons (Fsp3) is 0.412. The number of hydrogen-bond acceptors (Lipinski definition) is 4. The molecule has 6 nitrogen and oxygen atoms in total. The van der Waals surface area contributed by atoms with E-state index < -0.39 is 0 Å². The smallest absolute Gasteiger partial charge is 0.278 e. The number of amides is 1. The highest BCUT2D eigenvalue weighted by Crippen LogP contribution is 2.24. The predicted molar refractivity (Wildman–Crippen MR) is 95.1 cm³/mol. The molecule has 1 atom stereocenters. The zero-order chi connectivity index (χ0) is 17.3. The van der Waals surface area contributed by atoms with Gasteiger partial charge in [-0.05, 0) is 56.6 Å². The highest BCUT2D eigenvalue weighted by Gasteiger charge is 2.29. The van der Waals surface area contributed by atoms with Gasteiger partial charge in [0.1, 0.15) is 5.82 Å². The molecular weight excluding hydrogens is 347 g/mol. The largest absolute Gasteiger partial charge is 0.504 e. The van der Waals surface area contributed by atoms with Gasteiger partial charge in [0.25, 0.3) is 5.91 Å². The lowest BCUT2D eigenvalue weighted by molar-refractivity contribution is 0.0778. The Bertz CT molecular complexity index is 765. The summed E-state index contributed by atoms with van der Waals surface area (Å²) in [5.74, 6) is -0.357. The Hall–Kier alpha value is -2.12. The van der Waals surface area contributed by atoms with E-state index in [9.17, 15) is 14.3 Å². The number of carbonyl (C=O) groups excluding carboxylic acids is 1. The Kier molecular flexibility index (Phi) is 6.02. The molecule has 2 aromatic rings. The van der Waals surface area contributed by atoms with E-state index in [4.69, 9.17) is 0 Å². The van der Waals surface area contributed by atoms with Crippen LogP contribution in [0, 0.1) is 18.7 Å². The summed E-state index contributed by atoms with van der Waals surface area (Å²) in [5, 5.41) is 17.5. The first kappa shape index (κ1) is 19.2. The topological polar surface area (TPSA) is 70.4 Å². The van der Waals surface area contributed by atoms with Crippen molar-refractivity contribution in [3.8, 4) is 11.4 Å². The maximum Gasteiger partial charge on any atom is 0.278 e. The molecule has 25 heavy (non-hydrogen) atoms. The van der Waals surface area contributed by atoms with Gasteiger partial charge in [-0.1, -0.05) is 0 Å². The number of hydrogen-bond donors (Lipinski definition) is 2. The lowest BCUT2D eigenvalue weighted by atomic mass is 10.1. The van der Waals surface area contributed by atoms with Gasteiger partial charge in [0, 0.05) is 13.1 Å². The van der Waals surface area contributed by atoms with Crippen molar-refractivity contribution in [3.05, 3.63) is 41.5 Å². The second kappa shape index (κ2) is 7.84. The SMILES string of the molecule is CNCC1CCN(C(=O)c2nn(-c3ccc(F)cc3C)cc2O)C1.Cl. The van der Waals surface area contributed by atoms with E-state index in [1.165, 1.54) is 23.0 Å². The Morgan fingerprint density at radius 1 is 1.48 bits per heavy atom. The van der Waals surface area contributed by atoms with Gasteiger partial charge in [0.15, 0.2) is 11.4 Å². The molecule has 1 unspecified atom stereocenters. The highest BCUT2D eigenvalue weighted by atomic mass is 35.5. The van der Waals surface area contributed by atoms with E-state index in [1.807, 2.05) is 7.05 Å². The minimum Gasteiger partial charge on any atom is -0.504 e. The number of halogens is 2. The summed E-state index contributed by atoms with van der Waals surface area (Å²) in [5.41, 5.74) is 1.33. The first-order valence-corrected chi connectivity index (χ1v) is 7.98. The zero-order valence-corrected chi connectivity index (χ0v) is 15.0. The first-order valence-electron chi connectivity index (χ1n) is 7.98.